The van der Waals surface area contributed by atoms with Crippen molar-refractivity contribution in [3.63, 3.8) is 0 Å². The second kappa shape index (κ2) is 3.53. The number of rotatable bonds is 1. The van der Waals surface area contributed by atoms with Crippen molar-refractivity contribution < 1.29 is 23.4 Å². The molecule has 1 aromatic rings. The normalized spacial score (nSPS) is 18.8. The molecule has 0 aliphatic heterocycles. The van der Waals surface area contributed by atoms with Gasteiger partial charge in [-0.05, 0) is 31.4 Å². The van der Waals surface area contributed by atoms with Gasteiger partial charge in [0.2, 0.25) is 0 Å². The third kappa shape index (κ3) is 1.82. The number of phenolic OH excluding ortho intramolecular Hbond substituents is 2. The summed E-state index contributed by atoms with van der Waals surface area (Å²) in [6.45, 7) is 0. The molecule has 3 nitrogen and oxygen atoms in total. The number of benzene rings is 1. The van der Waals surface area contributed by atoms with Gasteiger partial charge < -0.3 is 15.9 Å². The minimum absolute atomic E-state index is 0.368. The van der Waals surface area contributed by atoms with Crippen molar-refractivity contribution in [1.29, 1.82) is 0 Å². The summed E-state index contributed by atoms with van der Waals surface area (Å²) in [4.78, 5) is 0. The molecular formula is C11H12F3NO2. The first kappa shape index (κ1) is 12.0. The summed E-state index contributed by atoms with van der Waals surface area (Å²) < 4.78 is 38.4. The molecule has 94 valence electrons. The predicted octanol–water partition coefficient (Wildman–Crippen LogP) is 2.45. The molecule has 0 heterocycles. The van der Waals surface area contributed by atoms with E-state index in [0.29, 0.717) is 19.3 Å². The molecule has 1 aromatic carbocycles. The Morgan fingerprint density at radius 2 is 1.76 bits per heavy atom. The monoisotopic (exact) mass is 247 g/mol. The van der Waals surface area contributed by atoms with E-state index in [1.54, 1.807) is 0 Å². The van der Waals surface area contributed by atoms with Crippen molar-refractivity contribution in [2.24, 2.45) is 5.73 Å². The summed E-state index contributed by atoms with van der Waals surface area (Å²) in [5, 5.41) is 18.9. The highest BCUT2D eigenvalue weighted by Gasteiger charge is 2.45. The van der Waals surface area contributed by atoms with Gasteiger partial charge in [0, 0.05) is 11.1 Å². The van der Waals surface area contributed by atoms with Crippen LogP contribution in [0.15, 0.2) is 12.1 Å². The molecule has 4 N–H and O–H groups in total. The first-order valence-corrected chi connectivity index (χ1v) is 5.17. The van der Waals surface area contributed by atoms with Gasteiger partial charge in [-0.1, -0.05) is 0 Å². The van der Waals surface area contributed by atoms with Crippen molar-refractivity contribution in [3.8, 4) is 11.5 Å². The minimum Gasteiger partial charge on any atom is -0.504 e. The molecule has 0 bridgehead atoms. The highest BCUT2D eigenvalue weighted by atomic mass is 19.4. The number of hydrogen-bond donors (Lipinski definition) is 3. The van der Waals surface area contributed by atoms with E-state index in [4.69, 9.17) is 5.73 Å². The average molecular weight is 247 g/mol. The van der Waals surface area contributed by atoms with Gasteiger partial charge in [-0.2, -0.15) is 13.2 Å². The zero-order valence-electron chi connectivity index (χ0n) is 8.88. The molecule has 6 heteroatoms. The number of halogens is 3. The van der Waals surface area contributed by atoms with Gasteiger partial charge in [0.1, 0.15) is 0 Å². The molecule has 2 rings (SSSR count). The Balaban J connectivity index is 2.65. The molecule has 17 heavy (non-hydrogen) atoms. The fraction of sp³-hybridized carbons (Fsp3) is 0.455. The van der Waals surface area contributed by atoms with Gasteiger partial charge in [0.25, 0.3) is 0 Å². The van der Waals surface area contributed by atoms with Gasteiger partial charge in [0.05, 0.1) is 5.56 Å². The van der Waals surface area contributed by atoms with Crippen LogP contribution in [0, 0.1) is 0 Å². The largest absolute Gasteiger partial charge is 0.504 e. The molecule has 0 amide bonds. The standard InChI is InChI=1S/C11H12F3NO2/c12-11(13,14)6-2-3-7(16)9(17)8(6)10(15)4-1-5-10/h2-3,16-17H,1,4-5,15H2. The molecule has 1 aliphatic carbocycles. The lowest BCUT2D eigenvalue weighted by molar-refractivity contribution is -0.139. The van der Waals surface area contributed by atoms with Crippen LogP contribution >= 0.6 is 0 Å². The summed E-state index contributed by atoms with van der Waals surface area (Å²) in [6, 6.07) is 1.57. The minimum atomic E-state index is -4.59. The summed E-state index contributed by atoms with van der Waals surface area (Å²) in [6.07, 6.45) is -3.15. The molecule has 1 aliphatic rings. The Labute approximate surface area is 95.7 Å². The number of hydrogen-bond acceptors (Lipinski definition) is 3. The topological polar surface area (TPSA) is 66.5 Å². The van der Waals surface area contributed by atoms with Gasteiger partial charge in [0.15, 0.2) is 11.5 Å². The Bertz CT molecular complexity index is 453. The average Bonchev–Trinajstić information content (AvgIpc) is 2.16. The molecule has 0 unspecified atom stereocenters. The van der Waals surface area contributed by atoms with Gasteiger partial charge in [-0.15, -0.1) is 0 Å². The van der Waals surface area contributed by atoms with Crippen molar-refractivity contribution in [2.45, 2.75) is 31.0 Å². The molecule has 0 atom stereocenters. The van der Waals surface area contributed by atoms with Crippen LogP contribution in [0.5, 0.6) is 11.5 Å². The van der Waals surface area contributed by atoms with Crippen LogP contribution in [0.25, 0.3) is 0 Å². The van der Waals surface area contributed by atoms with Crippen molar-refractivity contribution in [2.75, 3.05) is 0 Å². The van der Waals surface area contributed by atoms with Crippen LogP contribution in [-0.2, 0) is 11.7 Å². The van der Waals surface area contributed by atoms with Crippen LogP contribution in [0.3, 0.4) is 0 Å². The predicted molar refractivity (Wildman–Crippen MR) is 54.5 cm³/mol. The summed E-state index contributed by atoms with van der Waals surface area (Å²) in [7, 11) is 0. The zero-order chi connectivity index (χ0) is 12.8. The van der Waals surface area contributed by atoms with Crippen LogP contribution < -0.4 is 5.73 Å². The highest BCUT2D eigenvalue weighted by molar-refractivity contribution is 5.54. The molecule has 1 saturated carbocycles. The second-order valence-electron chi connectivity index (χ2n) is 4.36. The van der Waals surface area contributed by atoms with Gasteiger partial charge >= 0.3 is 6.18 Å². The Morgan fingerprint density at radius 1 is 1.18 bits per heavy atom. The van der Waals surface area contributed by atoms with Gasteiger partial charge in [-0.3, -0.25) is 0 Å². The van der Waals surface area contributed by atoms with E-state index < -0.39 is 34.3 Å². The Hall–Kier alpha value is -1.43. The number of nitrogens with two attached hydrogens (primary N) is 1. The van der Waals surface area contributed by atoms with Crippen molar-refractivity contribution >= 4 is 0 Å². The summed E-state index contributed by atoms with van der Waals surface area (Å²) >= 11 is 0. The van der Waals surface area contributed by atoms with Crippen LogP contribution in [0.4, 0.5) is 13.2 Å². The smallest absolute Gasteiger partial charge is 0.416 e. The highest BCUT2D eigenvalue weighted by Crippen LogP contribution is 2.50. The number of alkyl halides is 3. The fourth-order valence-electron chi connectivity index (χ4n) is 2.13. The van der Waals surface area contributed by atoms with Crippen LogP contribution in [0.2, 0.25) is 0 Å². The Kier molecular flexibility index (Phi) is 2.50. The first-order chi connectivity index (χ1) is 7.76. The van der Waals surface area contributed by atoms with Crippen molar-refractivity contribution in [1.82, 2.24) is 0 Å². The van der Waals surface area contributed by atoms with E-state index in [2.05, 4.69) is 0 Å². The molecule has 0 radical (unpaired) electrons. The van der Waals surface area contributed by atoms with Crippen LogP contribution in [-0.4, -0.2) is 10.2 Å². The lowest BCUT2D eigenvalue weighted by Gasteiger charge is -2.40. The molecule has 0 spiro atoms. The van der Waals surface area contributed by atoms with E-state index in [-0.39, 0.29) is 0 Å². The lowest BCUT2D eigenvalue weighted by atomic mass is 9.70. The van der Waals surface area contributed by atoms with Gasteiger partial charge in [-0.25, -0.2) is 0 Å². The maximum Gasteiger partial charge on any atom is 0.416 e. The fourth-order valence-corrected chi connectivity index (χ4v) is 2.13. The second-order valence-corrected chi connectivity index (χ2v) is 4.36. The third-order valence-electron chi connectivity index (χ3n) is 3.21. The van der Waals surface area contributed by atoms with E-state index >= 15 is 0 Å². The lowest BCUT2D eigenvalue weighted by Crippen LogP contribution is -2.44. The maximum atomic E-state index is 12.8. The molecule has 0 aromatic heterocycles. The van der Waals surface area contributed by atoms with Crippen LogP contribution in [0.1, 0.15) is 30.4 Å². The zero-order valence-corrected chi connectivity index (χ0v) is 8.88. The van der Waals surface area contributed by atoms with Crippen molar-refractivity contribution in [3.05, 3.63) is 23.3 Å². The van der Waals surface area contributed by atoms with E-state index in [9.17, 15) is 23.4 Å². The molecule has 0 saturated heterocycles. The molecule has 1 fully saturated rings. The van der Waals surface area contributed by atoms with E-state index in [0.717, 1.165) is 12.1 Å². The quantitative estimate of drug-likeness (QED) is 0.668. The summed E-state index contributed by atoms with van der Waals surface area (Å²) in [5.74, 6) is -1.34. The molecular weight excluding hydrogens is 235 g/mol. The Morgan fingerprint density at radius 3 is 2.18 bits per heavy atom. The van der Waals surface area contributed by atoms with E-state index in [1.165, 1.54) is 0 Å². The number of aromatic hydroxyl groups is 2. The maximum absolute atomic E-state index is 12.8. The third-order valence-corrected chi connectivity index (χ3v) is 3.21. The SMILES string of the molecule is NC1(c2c(C(F)(F)F)ccc(O)c2O)CCC1. The first-order valence-electron chi connectivity index (χ1n) is 5.17. The van der Waals surface area contributed by atoms with E-state index in [1.807, 2.05) is 0 Å². The number of phenols is 2. The summed E-state index contributed by atoms with van der Waals surface area (Å²) in [5.41, 5.74) is 3.26.